The van der Waals surface area contributed by atoms with Crippen molar-refractivity contribution in [1.82, 2.24) is 0 Å². The molecule has 1 heteroatoms. The summed E-state index contributed by atoms with van der Waals surface area (Å²) in [6, 6.07) is 19.6. The summed E-state index contributed by atoms with van der Waals surface area (Å²) in [4.78, 5) is 0. The molecule has 1 fully saturated rings. The predicted octanol–water partition coefficient (Wildman–Crippen LogP) is 3.17. The highest BCUT2D eigenvalue weighted by molar-refractivity contribution is 5.64. The summed E-state index contributed by atoms with van der Waals surface area (Å²) >= 11 is 0. The molecule has 16 heavy (non-hydrogen) atoms. The number of rotatable bonds is 2. The van der Waals surface area contributed by atoms with Crippen LogP contribution in [-0.2, 0) is 0 Å². The summed E-state index contributed by atoms with van der Waals surface area (Å²) in [5.41, 5.74) is 9.84. The molecule has 1 aliphatic carbocycles. The minimum Gasteiger partial charge on any atom is -0.327 e. The Bertz CT molecular complexity index is 490. The van der Waals surface area contributed by atoms with Gasteiger partial charge in [-0.3, -0.25) is 0 Å². The quantitative estimate of drug-likeness (QED) is 0.807. The van der Waals surface area contributed by atoms with Crippen LogP contribution in [-0.4, -0.2) is 6.04 Å². The zero-order chi connectivity index (χ0) is 11.0. The first-order valence-corrected chi connectivity index (χ1v) is 5.75. The van der Waals surface area contributed by atoms with Crippen molar-refractivity contribution in [2.24, 2.45) is 5.73 Å². The molecule has 0 aliphatic heterocycles. The summed E-state index contributed by atoms with van der Waals surface area (Å²) in [5.74, 6) is 0.587. The van der Waals surface area contributed by atoms with Crippen LogP contribution in [0, 0.1) is 0 Å². The number of hydrogen-bond acceptors (Lipinski definition) is 1. The van der Waals surface area contributed by atoms with Crippen LogP contribution in [0.5, 0.6) is 0 Å². The maximum absolute atomic E-state index is 5.89. The lowest BCUT2D eigenvalue weighted by Crippen LogP contribution is -2.00. The first-order valence-electron chi connectivity index (χ1n) is 5.75. The summed E-state index contributed by atoms with van der Waals surface area (Å²) < 4.78 is 0. The Morgan fingerprint density at radius 1 is 0.875 bits per heavy atom. The molecule has 80 valence electrons. The number of nitrogens with two attached hydrogens (primary N) is 1. The molecule has 1 saturated carbocycles. The lowest BCUT2D eigenvalue weighted by molar-refractivity contribution is 0.991. The second-order valence-corrected chi connectivity index (χ2v) is 4.50. The lowest BCUT2D eigenvalue weighted by Gasteiger charge is -2.04. The van der Waals surface area contributed by atoms with Gasteiger partial charge in [0.2, 0.25) is 0 Å². The standard InChI is InChI=1S/C15H15N/c16-15-10-14(15)13-8-4-7-12(9-13)11-5-2-1-3-6-11/h1-9,14-15H,10,16H2/t14-,15-/m1/s1. The van der Waals surface area contributed by atoms with Crippen LogP contribution < -0.4 is 5.73 Å². The van der Waals surface area contributed by atoms with Crippen molar-refractivity contribution in [1.29, 1.82) is 0 Å². The maximum Gasteiger partial charge on any atom is 0.0115 e. The average Bonchev–Trinajstić information content (AvgIpc) is 3.08. The van der Waals surface area contributed by atoms with Crippen molar-refractivity contribution in [3.63, 3.8) is 0 Å². The van der Waals surface area contributed by atoms with E-state index in [4.69, 9.17) is 5.73 Å². The third-order valence-corrected chi connectivity index (χ3v) is 3.26. The molecule has 0 radical (unpaired) electrons. The van der Waals surface area contributed by atoms with Crippen molar-refractivity contribution in [2.75, 3.05) is 0 Å². The molecule has 1 aliphatic rings. The Morgan fingerprint density at radius 3 is 2.25 bits per heavy atom. The molecule has 0 saturated heterocycles. The van der Waals surface area contributed by atoms with Gasteiger partial charge < -0.3 is 5.73 Å². The Kier molecular flexibility index (Phi) is 2.26. The van der Waals surface area contributed by atoms with Gasteiger partial charge in [0.1, 0.15) is 0 Å². The van der Waals surface area contributed by atoms with Crippen molar-refractivity contribution >= 4 is 0 Å². The molecule has 2 aromatic carbocycles. The fourth-order valence-corrected chi connectivity index (χ4v) is 2.18. The highest BCUT2D eigenvalue weighted by Gasteiger charge is 2.34. The van der Waals surface area contributed by atoms with E-state index in [0.29, 0.717) is 12.0 Å². The van der Waals surface area contributed by atoms with Crippen molar-refractivity contribution in [3.8, 4) is 11.1 Å². The second-order valence-electron chi connectivity index (χ2n) is 4.50. The highest BCUT2D eigenvalue weighted by Crippen LogP contribution is 2.39. The highest BCUT2D eigenvalue weighted by atomic mass is 14.7. The number of hydrogen-bond donors (Lipinski definition) is 1. The van der Waals surface area contributed by atoms with Crippen molar-refractivity contribution in [2.45, 2.75) is 18.4 Å². The first-order chi connectivity index (χ1) is 7.84. The van der Waals surface area contributed by atoms with Crippen LogP contribution in [0.3, 0.4) is 0 Å². The van der Waals surface area contributed by atoms with Gasteiger partial charge in [-0.1, -0.05) is 54.6 Å². The Balaban J connectivity index is 1.97. The van der Waals surface area contributed by atoms with E-state index < -0.39 is 0 Å². The van der Waals surface area contributed by atoms with E-state index >= 15 is 0 Å². The maximum atomic E-state index is 5.89. The molecular weight excluding hydrogens is 194 g/mol. The minimum absolute atomic E-state index is 0.381. The monoisotopic (exact) mass is 209 g/mol. The molecular formula is C15H15N. The SMILES string of the molecule is N[C@@H]1C[C@@H]1c1cccc(-c2ccccc2)c1. The Labute approximate surface area is 95.9 Å². The summed E-state index contributed by atoms with van der Waals surface area (Å²) in [5, 5.41) is 0. The molecule has 1 nitrogen and oxygen atoms in total. The van der Waals surface area contributed by atoms with E-state index in [2.05, 4.69) is 48.5 Å². The topological polar surface area (TPSA) is 26.0 Å². The predicted molar refractivity (Wildman–Crippen MR) is 67.2 cm³/mol. The van der Waals surface area contributed by atoms with Gasteiger partial charge in [0.25, 0.3) is 0 Å². The molecule has 2 N–H and O–H groups in total. The molecule has 0 heterocycles. The average molecular weight is 209 g/mol. The fraction of sp³-hybridized carbons (Fsp3) is 0.200. The Hall–Kier alpha value is -1.60. The molecule has 0 bridgehead atoms. The third kappa shape index (κ3) is 1.74. The van der Waals surface area contributed by atoms with Gasteiger partial charge in [-0.15, -0.1) is 0 Å². The molecule has 0 amide bonds. The smallest absolute Gasteiger partial charge is 0.0115 e. The van der Waals surface area contributed by atoms with Gasteiger partial charge in [-0.25, -0.2) is 0 Å². The van der Waals surface area contributed by atoms with Crippen LogP contribution in [0.4, 0.5) is 0 Å². The lowest BCUT2D eigenvalue weighted by atomic mass is 10.0. The molecule has 2 atom stereocenters. The van der Waals surface area contributed by atoms with E-state index in [1.165, 1.54) is 16.7 Å². The van der Waals surface area contributed by atoms with E-state index in [1.807, 2.05) is 6.07 Å². The van der Waals surface area contributed by atoms with Gasteiger partial charge in [-0.05, 0) is 23.1 Å². The van der Waals surface area contributed by atoms with Gasteiger partial charge >= 0.3 is 0 Å². The second kappa shape index (κ2) is 3.76. The largest absolute Gasteiger partial charge is 0.327 e. The minimum atomic E-state index is 0.381. The van der Waals surface area contributed by atoms with Gasteiger partial charge in [-0.2, -0.15) is 0 Å². The number of benzene rings is 2. The van der Waals surface area contributed by atoms with E-state index in [-0.39, 0.29) is 0 Å². The van der Waals surface area contributed by atoms with E-state index in [0.717, 1.165) is 6.42 Å². The fourth-order valence-electron chi connectivity index (χ4n) is 2.18. The van der Waals surface area contributed by atoms with Crippen LogP contribution in [0.15, 0.2) is 54.6 Å². The molecule has 2 aromatic rings. The van der Waals surface area contributed by atoms with Crippen LogP contribution in [0.2, 0.25) is 0 Å². The van der Waals surface area contributed by atoms with E-state index in [1.54, 1.807) is 0 Å². The van der Waals surface area contributed by atoms with Crippen LogP contribution >= 0.6 is 0 Å². The summed E-state index contributed by atoms with van der Waals surface area (Å²) in [7, 11) is 0. The third-order valence-electron chi connectivity index (χ3n) is 3.26. The first kappa shape index (κ1) is 9.61. The van der Waals surface area contributed by atoms with Crippen molar-refractivity contribution in [3.05, 3.63) is 60.2 Å². The van der Waals surface area contributed by atoms with Crippen LogP contribution in [0.25, 0.3) is 11.1 Å². The van der Waals surface area contributed by atoms with Gasteiger partial charge in [0.15, 0.2) is 0 Å². The zero-order valence-electron chi connectivity index (χ0n) is 9.14. The molecule has 3 rings (SSSR count). The van der Waals surface area contributed by atoms with Gasteiger partial charge in [0.05, 0.1) is 0 Å². The Morgan fingerprint density at radius 2 is 1.56 bits per heavy atom. The normalized spacial score (nSPS) is 23.1. The van der Waals surface area contributed by atoms with Crippen molar-refractivity contribution < 1.29 is 0 Å². The zero-order valence-corrected chi connectivity index (χ0v) is 9.14. The van der Waals surface area contributed by atoms with Crippen LogP contribution in [0.1, 0.15) is 17.9 Å². The molecule has 0 unspecified atom stereocenters. The molecule has 0 aromatic heterocycles. The summed E-state index contributed by atoms with van der Waals surface area (Å²) in [6.07, 6.45) is 1.14. The summed E-state index contributed by atoms with van der Waals surface area (Å²) in [6.45, 7) is 0. The van der Waals surface area contributed by atoms with Gasteiger partial charge in [0, 0.05) is 12.0 Å². The van der Waals surface area contributed by atoms with E-state index in [9.17, 15) is 0 Å². The molecule has 0 spiro atoms.